The quantitative estimate of drug-likeness (QED) is 0.383. The largest absolute Gasteiger partial charge is 0.482 e. The van der Waals surface area contributed by atoms with Crippen LogP contribution in [0.2, 0.25) is 0 Å². The van der Waals surface area contributed by atoms with Crippen molar-refractivity contribution in [3.8, 4) is 6.07 Å². The lowest BCUT2D eigenvalue weighted by atomic mass is 9.43. The highest BCUT2D eigenvalue weighted by Crippen LogP contribution is 2.65. The van der Waals surface area contributed by atoms with E-state index in [1.807, 2.05) is 30.0 Å². The molecule has 42 heavy (non-hydrogen) atoms. The summed E-state index contributed by atoms with van der Waals surface area (Å²) in [5, 5.41) is 16.0. The second kappa shape index (κ2) is 12.2. The summed E-state index contributed by atoms with van der Waals surface area (Å²) < 4.78 is 13.3. The molecule has 2 bridgehead atoms. The van der Waals surface area contributed by atoms with Crippen LogP contribution in [-0.4, -0.2) is 60.7 Å². The van der Waals surface area contributed by atoms with E-state index >= 15 is 0 Å². The molecule has 5 fully saturated rings. The summed E-state index contributed by atoms with van der Waals surface area (Å²) in [7, 11) is -0.538. The van der Waals surface area contributed by atoms with Gasteiger partial charge in [0, 0.05) is 19.1 Å². The molecule has 2 N–H and O–H groups in total. The van der Waals surface area contributed by atoms with Crippen LogP contribution in [0.1, 0.15) is 79.2 Å². The minimum absolute atomic E-state index is 0.00721. The van der Waals surface area contributed by atoms with Gasteiger partial charge in [-0.2, -0.15) is 5.26 Å². The number of benzene rings is 1. The number of hydrogen-bond acceptors (Lipinski definition) is 5. The number of nitriles is 1. The Balaban J connectivity index is 1.22. The summed E-state index contributed by atoms with van der Waals surface area (Å²) in [6, 6.07) is 12.0. The van der Waals surface area contributed by atoms with E-state index < -0.39 is 13.0 Å². The molecule has 2 heterocycles. The fraction of sp³-hybridized carbons (Fsp3) is 0.727. The molecule has 3 aliphatic carbocycles. The predicted octanol–water partition coefficient (Wildman–Crippen LogP) is 4.98. The first kappa shape index (κ1) is 30.9. The van der Waals surface area contributed by atoms with Crippen LogP contribution < -0.4 is 10.6 Å². The number of rotatable bonds is 10. The van der Waals surface area contributed by atoms with Crippen molar-refractivity contribution in [3.05, 3.63) is 35.9 Å². The Morgan fingerprint density at radius 3 is 2.57 bits per heavy atom. The van der Waals surface area contributed by atoms with E-state index in [0.29, 0.717) is 37.3 Å². The minimum atomic E-state index is -0.658. The van der Waals surface area contributed by atoms with E-state index in [0.717, 1.165) is 31.2 Å². The van der Waals surface area contributed by atoms with Crippen molar-refractivity contribution >= 4 is 19.1 Å². The molecule has 6 rings (SSSR count). The van der Waals surface area contributed by atoms with Crippen LogP contribution in [-0.2, 0) is 20.5 Å². The summed E-state index contributed by atoms with van der Waals surface area (Å²) in [4.78, 5) is 28.5. The summed E-state index contributed by atoms with van der Waals surface area (Å²) in [5.41, 5.74) is 0.987. The highest BCUT2D eigenvalue weighted by molar-refractivity contribution is 6.48. The Kier molecular flexibility index (Phi) is 8.97. The molecule has 0 radical (unpaired) electrons. The number of amides is 3. The van der Waals surface area contributed by atoms with Crippen LogP contribution in [0.5, 0.6) is 0 Å². The Bertz CT molecular complexity index is 1170. The molecule has 0 spiro atoms. The average Bonchev–Trinajstić information content (AvgIpc) is 3.55. The van der Waals surface area contributed by atoms with E-state index in [2.05, 4.69) is 63.5 Å². The molecule has 2 saturated heterocycles. The van der Waals surface area contributed by atoms with Gasteiger partial charge in [-0.3, -0.25) is 4.79 Å². The van der Waals surface area contributed by atoms with E-state index in [1.54, 1.807) is 0 Å². The first-order valence-electron chi connectivity index (χ1n) is 16.1. The van der Waals surface area contributed by atoms with Gasteiger partial charge in [-0.05, 0) is 80.1 Å². The zero-order valence-corrected chi connectivity index (χ0v) is 26.3. The predicted molar refractivity (Wildman–Crippen MR) is 163 cm³/mol. The molecular weight excluding hydrogens is 527 g/mol. The van der Waals surface area contributed by atoms with Crippen molar-refractivity contribution < 1.29 is 18.9 Å². The van der Waals surface area contributed by atoms with Crippen LogP contribution in [0.3, 0.4) is 0 Å². The summed E-state index contributed by atoms with van der Waals surface area (Å²) in [6.07, 6.45) is 5.30. The molecule has 228 valence electrons. The third-order valence-electron chi connectivity index (χ3n) is 10.9. The van der Waals surface area contributed by atoms with Crippen molar-refractivity contribution in [2.75, 3.05) is 13.1 Å². The molecule has 0 aromatic heterocycles. The molecule has 2 unspecified atom stereocenters. The van der Waals surface area contributed by atoms with E-state index in [-0.39, 0.29) is 47.0 Å². The van der Waals surface area contributed by atoms with Gasteiger partial charge in [0.2, 0.25) is 5.91 Å². The topological polar surface area (TPSA) is 104 Å². The van der Waals surface area contributed by atoms with Gasteiger partial charge in [0.15, 0.2) is 0 Å². The van der Waals surface area contributed by atoms with Gasteiger partial charge in [-0.25, -0.2) is 4.79 Å². The van der Waals surface area contributed by atoms with Crippen LogP contribution >= 0.6 is 0 Å². The maximum atomic E-state index is 13.4. The fourth-order valence-corrected chi connectivity index (χ4v) is 8.41. The van der Waals surface area contributed by atoms with E-state index in [4.69, 9.17) is 9.31 Å². The number of nitrogens with one attached hydrogen (secondary N) is 2. The third kappa shape index (κ3) is 5.94. The molecule has 1 aromatic carbocycles. The Labute approximate surface area is 252 Å². The second-order valence-corrected chi connectivity index (χ2v) is 14.5. The van der Waals surface area contributed by atoms with Gasteiger partial charge in [0.05, 0.1) is 23.7 Å². The van der Waals surface area contributed by atoms with Crippen LogP contribution in [0.25, 0.3) is 0 Å². The van der Waals surface area contributed by atoms with Gasteiger partial charge >= 0.3 is 13.1 Å². The highest BCUT2D eigenvalue weighted by Gasteiger charge is 2.68. The molecule has 8 nitrogen and oxygen atoms in total. The van der Waals surface area contributed by atoms with Gasteiger partial charge in [0.25, 0.3) is 0 Å². The Hall–Kier alpha value is -2.57. The van der Waals surface area contributed by atoms with Crippen molar-refractivity contribution in [3.63, 3.8) is 0 Å². The number of nitrogens with zero attached hydrogens (tertiary/aromatic N) is 2. The second-order valence-electron chi connectivity index (χ2n) is 14.5. The number of likely N-dealkylation sites (tertiary alicyclic amines) is 1. The molecular formula is C33H49BN4O4. The molecule has 1 aromatic rings. The average molecular weight is 577 g/mol. The third-order valence-corrected chi connectivity index (χ3v) is 10.9. The molecule has 8 atom stereocenters. The van der Waals surface area contributed by atoms with Crippen LogP contribution in [0, 0.1) is 46.3 Å². The lowest BCUT2D eigenvalue weighted by Crippen LogP contribution is -2.65. The SMILES string of the molecule is CC(C)CC(C)C(C#N)C(=O)N1CCC[C@@H]1CNC(=O)N[C@@H](Cc1ccccc1)B1O[C@@H]2C[C@@H]3C[C@@H](C3(C)C)[C@]2(C)O1. The van der Waals surface area contributed by atoms with Crippen molar-refractivity contribution in [1.29, 1.82) is 5.26 Å². The van der Waals surface area contributed by atoms with Gasteiger partial charge < -0.3 is 24.8 Å². The summed E-state index contributed by atoms with van der Waals surface area (Å²) in [6.45, 7) is 14.1. The molecule has 5 aliphatic rings. The van der Waals surface area contributed by atoms with E-state index in [1.165, 1.54) is 6.42 Å². The number of carbonyl (C=O) groups is 2. The van der Waals surface area contributed by atoms with Crippen molar-refractivity contribution in [1.82, 2.24) is 15.5 Å². The first-order valence-corrected chi connectivity index (χ1v) is 16.1. The molecule has 2 aliphatic heterocycles. The van der Waals surface area contributed by atoms with Gasteiger partial charge in [-0.1, -0.05) is 65.0 Å². The zero-order valence-electron chi connectivity index (χ0n) is 26.3. The number of carbonyl (C=O) groups excluding carboxylic acids is 2. The van der Waals surface area contributed by atoms with Gasteiger partial charge in [-0.15, -0.1) is 0 Å². The van der Waals surface area contributed by atoms with Crippen LogP contribution in [0.15, 0.2) is 30.3 Å². The smallest absolute Gasteiger partial charge is 0.404 e. The molecule has 3 amide bonds. The lowest BCUT2D eigenvalue weighted by Gasteiger charge is -2.64. The summed E-state index contributed by atoms with van der Waals surface area (Å²) >= 11 is 0. The van der Waals surface area contributed by atoms with Crippen molar-refractivity contribution in [2.45, 2.75) is 104 Å². The lowest BCUT2D eigenvalue weighted by molar-refractivity contribution is -0.199. The fourth-order valence-electron chi connectivity index (χ4n) is 8.41. The molecule has 3 saturated carbocycles. The standard InChI is InChI=1S/C33H49BN4O4/c1-21(2)15-22(3)26(19-35)30(39)38-14-10-13-25(38)20-36-31(40)37-29(16-23-11-8-7-9-12-23)34-41-28-18-24-17-27(32(24,4)5)33(28,6)42-34/h7-9,11-12,21-22,24-29H,10,13-18,20H2,1-6H3,(H2,36,37,40)/t22?,24-,25+,26?,27-,28+,29-,33-/m0/s1. The zero-order chi connectivity index (χ0) is 30.2. The first-order chi connectivity index (χ1) is 19.9. The summed E-state index contributed by atoms with van der Waals surface area (Å²) in [5.74, 6) is 0.373. The minimum Gasteiger partial charge on any atom is -0.404 e. The van der Waals surface area contributed by atoms with Crippen molar-refractivity contribution in [2.24, 2.45) is 35.0 Å². The monoisotopic (exact) mass is 576 g/mol. The molecule has 9 heteroatoms. The number of hydrogen-bond donors (Lipinski definition) is 2. The Morgan fingerprint density at radius 2 is 1.90 bits per heavy atom. The van der Waals surface area contributed by atoms with Crippen LogP contribution in [0.4, 0.5) is 4.79 Å². The van der Waals surface area contributed by atoms with E-state index in [9.17, 15) is 14.9 Å². The Morgan fingerprint density at radius 1 is 1.17 bits per heavy atom. The number of urea groups is 1. The maximum Gasteiger partial charge on any atom is 0.482 e. The van der Waals surface area contributed by atoms with Gasteiger partial charge in [0.1, 0.15) is 5.92 Å². The normalized spacial score (nSPS) is 31.5. The highest BCUT2D eigenvalue weighted by atomic mass is 16.7. The maximum absolute atomic E-state index is 13.4.